The molecule has 4 aromatic rings. The number of anilines is 1. The molecule has 35 heavy (non-hydrogen) atoms. The summed E-state index contributed by atoms with van der Waals surface area (Å²) in [5.41, 5.74) is 3.33. The van der Waals surface area contributed by atoms with Gasteiger partial charge in [0.15, 0.2) is 5.82 Å². The smallest absolute Gasteiger partial charge is 0.254 e. The maximum Gasteiger partial charge on any atom is 0.254 e. The molecule has 1 aliphatic heterocycles. The number of H-pyrrole nitrogens is 1. The summed E-state index contributed by atoms with van der Waals surface area (Å²) in [5.74, 6) is 1.44. The molecule has 3 heterocycles. The average molecular weight is 473 g/mol. The predicted molar refractivity (Wildman–Crippen MR) is 137 cm³/mol. The third-order valence-corrected chi connectivity index (χ3v) is 7.08. The van der Waals surface area contributed by atoms with Gasteiger partial charge in [-0.1, -0.05) is 25.1 Å². The van der Waals surface area contributed by atoms with Crippen molar-refractivity contribution in [3.8, 4) is 5.75 Å². The zero-order chi connectivity index (χ0) is 24.6. The Balaban J connectivity index is 1.75. The minimum atomic E-state index is -0.443. The van der Waals surface area contributed by atoms with Gasteiger partial charge < -0.3 is 14.6 Å². The number of aryl methyl sites for hydroxylation is 1. The van der Waals surface area contributed by atoms with Crippen LogP contribution in [-0.4, -0.2) is 38.3 Å². The third-order valence-electron chi connectivity index (χ3n) is 7.08. The molecule has 0 bridgehead atoms. The lowest BCUT2D eigenvalue weighted by Crippen LogP contribution is -2.40. The normalized spacial score (nSPS) is 14.7. The first-order chi connectivity index (χ1) is 16.9. The van der Waals surface area contributed by atoms with Gasteiger partial charge in [-0.25, -0.2) is 4.68 Å². The Bertz CT molecular complexity index is 1410. The first kappa shape index (κ1) is 23.1. The molecular weight excluding hydrogens is 440 g/mol. The van der Waals surface area contributed by atoms with Crippen molar-refractivity contribution in [3.05, 3.63) is 75.8 Å². The molecule has 182 valence electrons. The second-order valence-electron chi connectivity index (χ2n) is 9.68. The largest absolute Gasteiger partial charge is 0.494 e. The number of benzene rings is 2. The SMILES string of the molecule is CCOc1ccc2[nH]c(=O)c([C@@H](c3nnnn3C(C)(C)CC)N3CCCc4ccccc43)cc2c1. The second kappa shape index (κ2) is 9.17. The molecule has 0 saturated heterocycles. The van der Waals surface area contributed by atoms with Gasteiger partial charge in [-0.3, -0.25) is 4.79 Å². The molecule has 0 amide bonds. The van der Waals surface area contributed by atoms with Gasteiger partial charge in [0.1, 0.15) is 11.8 Å². The molecule has 0 saturated carbocycles. The Labute approximate surface area is 204 Å². The van der Waals surface area contributed by atoms with Crippen molar-refractivity contribution in [2.24, 2.45) is 0 Å². The molecule has 2 aromatic carbocycles. The predicted octanol–water partition coefficient (Wildman–Crippen LogP) is 4.60. The maximum absolute atomic E-state index is 13.6. The van der Waals surface area contributed by atoms with Gasteiger partial charge in [0.25, 0.3) is 5.56 Å². The number of ether oxygens (including phenoxy) is 1. The van der Waals surface area contributed by atoms with Crippen molar-refractivity contribution in [2.45, 2.75) is 58.5 Å². The van der Waals surface area contributed by atoms with Gasteiger partial charge in [0.05, 0.1) is 12.1 Å². The Morgan fingerprint density at radius 3 is 2.77 bits per heavy atom. The van der Waals surface area contributed by atoms with Crippen molar-refractivity contribution < 1.29 is 4.74 Å². The summed E-state index contributed by atoms with van der Waals surface area (Å²) in [6.07, 6.45) is 2.85. The van der Waals surface area contributed by atoms with Crippen LogP contribution < -0.4 is 15.2 Å². The quantitative estimate of drug-likeness (QED) is 0.423. The van der Waals surface area contributed by atoms with Crippen LogP contribution in [0.4, 0.5) is 5.69 Å². The number of tetrazole rings is 1. The lowest BCUT2D eigenvalue weighted by molar-refractivity contribution is 0.287. The van der Waals surface area contributed by atoms with Crippen molar-refractivity contribution >= 4 is 16.6 Å². The highest BCUT2D eigenvalue weighted by Gasteiger charge is 2.36. The summed E-state index contributed by atoms with van der Waals surface area (Å²) >= 11 is 0. The Morgan fingerprint density at radius 1 is 1.14 bits per heavy atom. The summed E-state index contributed by atoms with van der Waals surface area (Å²) in [6.45, 7) is 9.70. The summed E-state index contributed by atoms with van der Waals surface area (Å²) in [6, 6.07) is 15.7. The zero-order valence-corrected chi connectivity index (χ0v) is 20.8. The number of fused-ring (bicyclic) bond motifs is 2. The minimum absolute atomic E-state index is 0.140. The van der Waals surface area contributed by atoms with Crippen LogP contribution >= 0.6 is 0 Å². The monoisotopic (exact) mass is 472 g/mol. The number of hydrogen-bond donors (Lipinski definition) is 1. The van der Waals surface area contributed by atoms with Gasteiger partial charge in [0.2, 0.25) is 0 Å². The maximum atomic E-state index is 13.6. The van der Waals surface area contributed by atoms with Crippen LogP contribution in [0.2, 0.25) is 0 Å². The molecule has 1 N–H and O–H groups in total. The van der Waals surface area contributed by atoms with E-state index in [9.17, 15) is 4.79 Å². The van der Waals surface area contributed by atoms with Crippen LogP contribution in [0.5, 0.6) is 5.75 Å². The van der Waals surface area contributed by atoms with E-state index in [1.54, 1.807) is 0 Å². The summed E-state index contributed by atoms with van der Waals surface area (Å²) < 4.78 is 7.60. The number of para-hydroxylation sites is 1. The lowest BCUT2D eigenvalue weighted by Gasteiger charge is -2.38. The van der Waals surface area contributed by atoms with E-state index in [1.165, 1.54) is 5.56 Å². The molecular formula is C27H32N6O2. The number of pyridine rings is 1. The molecule has 8 nitrogen and oxygen atoms in total. The fourth-order valence-corrected chi connectivity index (χ4v) is 4.88. The van der Waals surface area contributed by atoms with E-state index in [2.05, 4.69) is 64.4 Å². The fourth-order valence-electron chi connectivity index (χ4n) is 4.88. The molecule has 2 aromatic heterocycles. The van der Waals surface area contributed by atoms with Gasteiger partial charge in [-0.05, 0) is 86.4 Å². The van der Waals surface area contributed by atoms with E-state index in [1.807, 2.05) is 41.9 Å². The lowest BCUT2D eigenvalue weighted by atomic mass is 9.95. The fraction of sp³-hybridized carbons (Fsp3) is 0.407. The highest BCUT2D eigenvalue weighted by atomic mass is 16.5. The van der Waals surface area contributed by atoms with Gasteiger partial charge in [-0.2, -0.15) is 0 Å². The number of aromatic nitrogens is 5. The van der Waals surface area contributed by atoms with Crippen LogP contribution in [-0.2, 0) is 12.0 Å². The first-order valence-corrected chi connectivity index (χ1v) is 12.4. The van der Waals surface area contributed by atoms with Gasteiger partial charge in [0, 0.05) is 28.7 Å². The van der Waals surface area contributed by atoms with Gasteiger partial charge in [-0.15, -0.1) is 5.10 Å². The van der Waals surface area contributed by atoms with E-state index in [0.717, 1.165) is 48.1 Å². The molecule has 5 rings (SSSR count). The summed E-state index contributed by atoms with van der Waals surface area (Å²) in [4.78, 5) is 19.0. The molecule has 0 aliphatic carbocycles. The summed E-state index contributed by atoms with van der Waals surface area (Å²) in [5, 5.41) is 13.9. The molecule has 1 atom stereocenters. The van der Waals surface area contributed by atoms with E-state index >= 15 is 0 Å². The summed E-state index contributed by atoms with van der Waals surface area (Å²) in [7, 11) is 0. The van der Waals surface area contributed by atoms with Crippen molar-refractivity contribution in [3.63, 3.8) is 0 Å². The van der Waals surface area contributed by atoms with Crippen molar-refractivity contribution in [1.82, 2.24) is 25.2 Å². The van der Waals surface area contributed by atoms with Crippen LogP contribution in [0.25, 0.3) is 10.9 Å². The standard InChI is InChI=1S/C27H32N6O2/c1-5-27(3,4)33-25(29-30-31-33)24(32-15-9-11-18-10-7-8-12-23(18)32)21-17-19-16-20(35-6-2)13-14-22(19)28-26(21)34/h7-8,10,12-14,16-17,24H,5-6,9,11,15H2,1-4H3,(H,28,34)/t24-/m0/s1. The molecule has 1 aliphatic rings. The van der Waals surface area contributed by atoms with E-state index in [-0.39, 0.29) is 11.1 Å². The number of aromatic amines is 1. The number of nitrogens with one attached hydrogen (secondary N) is 1. The number of hydrogen-bond acceptors (Lipinski definition) is 6. The van der Waals surface area contributed by atoms with Gasteiger partial charge >= 0.3 is 0 Å². The van der Waals surface area contributed by atoms with Crippen LogP contribution in [0.1, 0.15) is 63.5 Å². The molecule has 0 unspecified atom stereocenters. The highest BCUT2D eigenvalue weighted by molar-refractivity contribution is 5.81. The van der Waals surface area contributed by atoms with Crippen molar-refractivity contribution in [2.75, 3.05) is 18.1 Å². The molecule has 8 heteroatoms. The molecule has 0 fully saturated rings. The zero-order valence-electron chi connectivity index (χ0n) is 20.8. The highest BCUT2D eigenvalue weighted by Crippen LogP contribution is 2.38. The van der Waals surface area contributed by atoms with Crippen LogP contribution in [0.15, 0.2) is 53.3 Å². The first-order valence-electron chi connectivity index (χ1n) is 12.4. The number of nitrogens with zero attached hydrogens (tertiary/aromatic N) is 5. The van der Waals surface area contributed by atoms with E-state index in [0.29, 0.717) is 18.0 Å². The second-order valence-corrected chi connectivity index (χ2v) is 9.68. The third kappa shape index (κ3) is 4.17. The molecule has 0 spiro atoms. The Kier molecular flexibility index (Phi) is 6.05. The van der Waals surface area contributed by atoms with Crippen LogP contribution in [0, 0.1) is 0 Å². The van der Waals surface area contributed by atoms with Crippen LogP contribution in [0.3, 0.4) is 0 Å². The van der Waals surface area contributed by atoms with E-state index < -0.39 is 6.04 Å². The van der Waals surface area contributed by atoms with Crippen molar-refractivity contribution in [1.29, 1.82) is 0 Å². The average Bonchev–Trinajstić information content (AvgIpc) is 3.36. The number of rotatable bonds is 7. The Morgan fingerprint density at radius 2 is 1.97 bits per heavy atom. The minimum Gasteiger partial charge on any atom is -0.494 e. The topological polar surface area (TPSA) is 88.9 Å². The molecule has 0 radical (unpaired) electrons. The van der Waals surface area contributed by atoms with E-state index in [4.69, 9.17) is 4.74 Å². The Hall–Kier alpha value is -3.68.